The minimum Gasteiger partial charge on any atom is -0.466 e. The zero-order valence-electron chi connectivity index (χ0n) is 13.9. The van der Waals surface area contributed by atoms with Crippen LogP contribution in [0.3, 0.4) is 0 Å². The van der Waals surface area contributed by atoms with Crippen LogP contribution in [0.2, 0.25) is 0 Å². The Morgan fingerprint density at radius 2 is 1.67 bits per heavy atom. The van der Waals surface area contributed by atoms with Gasteiger partial charge in [0.1, 0.15) is 5.82 Å². The van der Waals surface area contributed by atoms with E-state index in [0.717, 1.165) is 0 Å². The highest BCUT2D eigenvalue weighted by atomic mass is 19.1. The van der Waals surface area contributed by atoms with Crippen molar-refractivity contribution in [2.24, 2.45) is 11.8 Å². The third-order valence-corrected chi connectivity index (χ3v) is 4.41. The summed E-state index contributed by atoms with van der Waals surface area (Å²) >= 11 is 0. The van der Waals surface area contributed by atoms with Gasteiger partial charge in [-0.25, -0.2) is 4.39 Å². The van der Waals surface area contributed by atoms with Crippen LogP contribution in [-0.4, -0.2) is 36.4 Å². The topological polar surface area (TPSA) is 72.8 Å². The van der Waals surface area contributed by atoms with Crippen LogP contribution in [0.15, 0.2) is 24.3 Å². The van der Waals surface area contributed by atoms with Crippen molar-refractivity contribution >= 4 is 11.9 Å². The average molecular weight is 338 g/mol. The fourth-order valence-corrected chi connectivity index (χ4v) is 3.38. The van der Waals surface area contributed by atoms with Gasteiger partial charge in [0, 0.05) is 5.92 Å². The van der Waals surface area contributed by atoms with Crippen LogP contribution in [0.1, 0.15) is 38.2 Å². The molecule has 0 radical (unpaired) electrons. The van der Waals surface area contributed by atoms with Gasteiger partial charge in [-0.2, -0.15) is 0 Å². The lowest BCUT2D eigenvalue weighted by molar-refractivity contribution is -0.166. The zero-order chi connectivity index (χ0) is 17.7. The van der Waals surface area contributed by atoms with Crippen molar-refractivity contribution in [3.63, 3.8) is 0 Å². The number of hydrogen-bond donors (Lipinski definition) is 1. The maximum Gasteiger partial charge on any atom is 0.310 e. The standard InChI is InChI=1S/C18H23FO5/c1-3-23-17(21)13-9-10-14(20)15(16(13)18(22)24-4-2)11-5-7-12(19)8-6-11/h5-8,13-16,20H,3-4,9-10H2,1-2H3/t13-,14-,15+,16+/m1/s1. The molecule has 1 aliphatic rings. The molecule has 0 unspecified atom stereocenters. The molecule has 1 aromatic rings. The molecule has 5 nitrogen and oxygen atoms in total. The van der Waals surface area contributed by atoms with Gasteiger partial charge in [0.2, 0.25) is 0 Å². The number of aliphatic hydroxyl groups is 1. The number of esters is 2. The molecule has 1 aliphatic carbocycles. The van der Waals surface area contributed by atoms with Gasteiger partial charge < -0.3 is 14.6 Å². The maximum atomic E-state index is 13.2. The van der Waals surface area contributed by atoms with E-state index < -0.39 is 41.6 Å². The average Bonchev–Trinajstić information content (AvgIpc) is 2.56. The summed E-state index contributed by atoms with van der Waals surface area (Å²) in [6.45, 7) is 3.78. The number of ether oxygens (including phenoxy) is 2. The smallest absolute Gasteiger partial charge is 0.310 e. The lowest BCUT2D eigenvalue weighted by Crippen LogP contribution is -2.45. The molecule has 1 saturated carbocycles. The summed E-state index contributed by atoms with van der Waals surface area (Å²) in [4.78, 5) is 24.8. The molecule has 1 N–H and O–H groups in total. The molecule has 24 heavy (non-hydrogen) atoms. The van der Waals surface area contributed by atoms with E-state index in [4.69, 9.17) is 9.47 Å². The molecule has 0 aromatic heterocycles. The van der Waals surface area contributed by atoms with Crippen molar-refractivity contribution in [1.82, 2.24) is 0 Å². The molecule has 4 atom stereocenters. The van der Waals surface area contributed by atoms with Crippen molar-refractivity contribution in [2.75, 3.05) is 13.2 Å². The van der Waals surface area contributed by atoms with Crippen LogP contribution in [0.4, 0.5) is 4.39 Å². The molecule has 0 saturated heterocycles. The van der Waals surface area contributed by atoms with Crippen LogP contribution in [-0.2, 0) is 19.1 Å². The molecule has 6 heteroatoms. The number of benzene rings is 1. The SMILES string of the molecule is CCOC(=O)[C@@H]1[C@@H](c2ccc(F)cc2)[C@H](O)CC[C@H]1C(=O)OCC. The summed E-state index contributed by atoms with van der Waals surface area (Å²) in [5, 5.41) is 10.5. The normalized spacial score (nSPS) is 26.7. The minimum absolute atomic E-state index is 0.178. The molecular formula is C18H23FO5. The van der Waals surface area contributed by atoms with Crippen molar-refractivity contribution in [3.8, 4) is 0 Å². The Morgan fingerprint density at radius 1 is 1.08 bits per heavy atom. The summed E-state index contributed by atoms with van der Waals surface area (Å²) in [7, 11) is 0. The molecule has 0 heterocycles. The molecule has 0 spiro atoms. The fourth-order valence-electron chi connectivity index (χ4n) is 3.38. The highest BCUT2D eigenvalue weighted by molar-refractivity contribution is 5.83. The number of carbonyl (C=O) groups is 2. The second-order valence-electron chi connectivity index (χ2n) is 5.86. The monoisotopic (exact) mass is 338 g/mol. The quantitative estimate of drug-likeness (QED) is 0.835. The van der Waals surface area contributed by atoms with Gasteiger partial charge in [0.15, 0.2) is 0 Å². The van der Waals surface area contributed by atoms with Gasteiger partial charge in [-0.15, -0.1) is 0 Å². The molecule has 132 valence electrons. The van der Waals surface area contributed by atoms with Crippen molar-refractivity contribution in [3.05, 3.63) is 35.6 Å². The third kappa shape index (κ3) is 3.93. The van der Waals surface area contributed by atoms with Gasteiger partial charge in [0.05, 0.1) is 31.2 Å². The zero-order valence-corrected chi connectivity index (χ0v) is 13.9. The van der Waals surface area contributed by atoms with Crippen LogP contribution < -0.4 is 0 Å². The van der Waals surface area contributed by atoms with Crippen LogP contribution in [0, 0.1) is 17.7 Å². The molecule has 0 bridgehead atoms. The lowest BCUT2D eigenvalue weighted by atomic mass is 9.67. The van der Waals surface area contributed by atoms with Crippen molar-refractivity contribution in [1.29, 1.82) is 0 Å². The van der Waals surface area contributed by atoms with Crippen LogP contribution in [0.25, 0.3) is 0 Å². The Bertz CT molecular complexity index is 571. The first kappa shape index (κ1) is 18.4. The summed E-state index contributed by atoms with van der Waals surface area (Å²) in [6.07, 6.45) is -0.0988. The number of carbonyl (C=O) groups excluding carboxylic acids is 2. The maximum absolute atomic E-state index is 13.2. The highest BCUT2D eigenvalue weighted by Crippen LogP contribution is 2.43. The Kier molecular flexibility index (Phi) is 6.31. The molecule has 1 aromatic carbocycles. The highest BCUT2D eigenvalue weighted by Gasteiger charge is 2.48. The lowest BCUT2D eigenvalue weighted by Gasteiger charge is -2.38. The van der Waals surface area contributed by atoms with Gasteiger partial charge >= 0.3 is 11.9 Å². The van der Waals surface area contributed by atoms with Gasteiger partial charge in [-0.05, 0) is 44.4 Å². The molecule has 0 amide bonds. The second-order valence-corrected chi connectivity index (χ2v) is 5.86. The third-order valence-electron chi connectivity index (χ3n) is 4.41. The Morgan fingerprint density at radius 3 is 2.25 bits per heavy atom. The van der Waals surface area contributed by atoms with Crippen molar-refractivity contribution < 1.29 is 28.6 Å². The van der Waals surface area contributed by atoms with E-state index in [-0.39, 0.29) is 13.2 Å². The molecule has 2 rings (SSSR count). The Labute approximate surface area is 140 Å². The van der Waals surface area contributed by atoms with E-state index in [0.29, 0.717) is 18.4 Å². The summed E-state index contributed by atoms with van der Waals surface area (Å²) in [5.74, 6) is -3.56. The predicted molar refractivity (Wildman–Crippen MR) is 84.6 cm³/mol. The number of rotatable bonds is 5. The Balaban J connectivity index is 2.40. The largest absolute Gasteiger partial charge is 0.466 e. The van der Waals surface area contributed by atoms with E-state index in [1.54, 1.807) is 13.8 Å². The van der Waals surface area contributed by atoms with E-state index in [1.165, 1.54) is 24.3 Å². The predicted octanol–water partition coefficient (Wildman–Crippen LogP) is 2.42. The van der Waals surface area contributed by atoms with Crippen molar-refractivity contribution in [2.45, 2.75) is 38.7 Å². The number of aliphatic hydroxyl groups excluding tert-OH is 1. The van der Waals surface area contributed by atoms with Gasteiger partial charge in [-0.1, -0.05) is 12.1 Å². The van der Waals surface area contributed by atoms with E-state index >= 15 is 0 Å². The van der Waals surface area contributed by atoms with Gasteiger partial charge in [0.25, 0.3) is 0 Å². The summed E-state index contributed by atoms with van der Waals surface area (Å²) in [6, 6.07) is 5.61. The number of halogens is 1. The summed E-state index contributed by atoms with van der Waals surface area (Å²) in [5.41, 5.74) is 0.607. The molecule has 1 fully saturated rings. The fraction of sp³-hybridized carbons (Fsp3) is 0.556. The van der Waals surface area contributed by atoms with E-state index in [2.05, 4.69) is 0 Å². The first-order valence-electron chi connectivity index (χ1n) is 8.26. The number of hydrogen-bond acceptors (Lipinski definition) is 5. The minimum atomic E-state index is -0.849. The van der Waals surface area contributed by atoms with Crippen LogP contribution in [0.5, 0.6) is 0 Å². The van der Waals surface area contributed by atoms with E-state index in [9.17, 15) is 19.1 Å². The molecule has 0 aliphatic heterocycles. The summed E-state index contributed by atoms with van der Waals surface area (Å²) < 4.78 is 23.4. The molecular weight excluding hydrogens is 315 g/mol. The first-order valence-corrected chi connectivity index (χ1v) is 8.26. The Hall–Kier alpha value is -1.95. The van der Waals surface area contributed by atoms with Crippen LogP contribution >= 0.6 is 0 Å². The van der Waals surface area contributed by atoms with E-state index in [1.807, 2.05) is 0 Å². The first-order chi connectivity index (χ1) is 11.5. The second kappa shape index (κ2) is 8.24. The van der Waals surface area contributed by atoms with Gasteiger partial charge in [-0.3, -0.25) is 9.59 Å².